The molecule has 0 aliphatic carbocycles. The van der Waals surface area contributed by atoms with Gasteiger partial charge in [0.25, 0.3) is 5.91 Å². The van der Waals surface area contributed by atoms with Gasteiger partial charge in [-0.2, -0.15) is 0 Å². The number of piperidine rings is 1. The van der Waals surface area contributed by atoms with Crippen molar-refractivity contribution in [2.45, 2.75) is 38.8 Å². The topological polar surface area (TPSA) is 66.8 Å². The molecule has 1 N–H and O–H groups in total. The van der Waals surface area contributed by atoms with E-state index in [4.69, 9.17) is 9.84 Å². The lowest BCUT2D eigenvalue weighted by Gasteiger charge is -2.37. The van der Waals surface area contributed by atoms with Crippen LogP contribution in [0.3, 0.4) is 0 Å². The second kappa shape index (κ2) is 7.29. The molecule has 23 heavy (non-hydrogen) atoms. The lowest BCUT2D eigenvalue weighted by atomic mass is 9.93. The molecule has 1 aromatic rings. The van der Waals surface area contributed by atoms with Gasteiger partial charge in [0.1, 0.15) is 11.6 Å². The van der Waals surface area contributed by atoms with Crippen LogP contribution in [0.2, 0.25) is 0 Å². The molecular weight excluding hydrogens is 369 g/mol. The van der Waals surface area contributed by atoms with Crippen molar-refractivity contribution in [1.82, 2.24) is 4.90 Å². The molecule has 1 heterocycles. The van der Waals surface area contributed by atoms with Crippen LogP contribution in [-0.2, 0) is 9.59 Å². The molecule has 1 aliphatic rings. The smallest absolute Gasteiger partial charge is 0.308 e. The average Bonchev–Trinajstić information content (AvgIpc) is 2.49. The van der Waals surface area contributed by atoms with E-state index in [9.17, 15) is 14.0 Å². The molecule has 1 aliphatic heterocycles. The van der Waals surface area contributed by atoms with Gasteiger partial charge in [-0.3, -0.25) is 9.59 Å². The summed E-state index contributed by atoms with van der Waals surface area (Å²) in [5.41, 5.74) is 0. The summed E-state index contributed by atoms with van der Waals surface area (Å²) in [5.74, 6) is -1.73. The van der Waals surface area contributed by atoms with Crippen LogP contribution in [0, 0.1) is 11.7 Å². The standard InChI is InChI=1S/C16H19BrFNO4/c1-9-3-4-11(16(21)22)8-19(9)15(20)10(2)23-14-6-5-12(18)7-13(14)17/h5-7,9-11H,3-4,8H2,1-2H3,(H,21,22). The van der Waals surface area contributed by atoms with E-state index in [1.165, 1.54) is 18.2 Å². The fourth-order valence-corrected chi connectivity index (χ4v) is 3.11. The van der Waals surface area contributed by atoms with Crippen molar-refractivity contribution in [2.75, 3.05) is 6.54 Å². The Kier molecular flexibility index (Phi) is 5.62. The molecule has 0 bridgehead atoms. The van der Waals surface area contributed by atoms with Gasteiger partial charge in [-0.05, 0) is 60.8 Å². The van der Waals surface area contributed by atoms with Crippen molar-refractivity contribution in [3.63, 3.8) is 0 Å². The van der Waals surface area contributed by atoms with Gasteiger partial charge in [0.05, 0.1) is 10.4 Å². The first-order valence-electron chi connectivity index (χ1n) is 7.44. The molecule has 1 saturated heterocycles. The van der Waals surface area contributed by atoms with Crippen molar-refractivity contribution >= 4 is 27.8 Å². The minimum Gasteiger partial charge on any atom is -0.481 e. The van der Waals surface area contributed by atoms with Crippen molar-refractivity contribution < 1.29 is 23.8 Å². The summed E-state index contributed by atoms with van der Waals surface area (Å²) in [6, 6.07) is 3.93. The maximum absolute atomic E-state index is 13.1. The van der Waals surface area contributed by atoms with Crippen LogP contribution in [0.5, 0.6) is 5.75 Å². The van der Waals surface area contributed by atoms with Crippen molar-refractivity contribution in [3.8, 4) is 5.75 Å². The maximum atomic E-state index is 13.1. The summed E-state index contributed by atoms with van der Waals surface area (Å²) in [4.78, 5) is 25.3. The number of likely N-dealkylation sites (tertiary alicyclic amines) is 1. The van der Waals surface area contributed by atoms with E-state index in [0.717, 1.165) is 0 Å². The minimum atomic E-state index is -0.885. The Labute approximate surface area is 142 Å². The number of ether oxygens (including phenoxy) is 1. The lowest BCUT2D eigenvalue weighted by molar-refractivity contribution is -0.149. The predicted molar refractivity (Wildman–Crippen MR) is 85.7 cm³/mol. The molecule has 126 valence electrons. The molecule has 1 amide bonds. The van der Waals surface area contributed by atoms with Crippen molar-refractivity contribution in [2.24, 2.45) is 5.92 Å². The number of halogens is 2. The number of benzene rings is 1. The van der Waals surface area contributed by atoms with Crippen LogP contribution in [0.1, 0.15) is 26.7 Å². The zero-order valence-corrected chi connectivity index (χ0v) is 14.5. The highest BCUT2D eigenvalue weighted by atomic mass is 79.9. The van der Waals surface area contributed by atoms with Crippen LogP contribution in [0.15, 0.2) is 22.7 Å². The van der Waals surface area contributed by atoms with Gasteiger partial charge in [-0.1, -0.05) is 0 Å². The number of carbonyl (C=O) groups excluding carboxylic acids is 1. The first-order valence-corrected chi connectivity index (χ1v) is 8.24. The Bertz CT molecular complexity index is 610. The number of carboxylic acid groups (broad SMARTS) is 1. The molecule has 0 spiro atoms. The maximum Gasteiger partial charge on any atom is 0.308 e. The molecule has 0 saturated carbocycles. The second-order valence-corrected chi connectivity index (χ2v) is 6.64. The zero-order chi connectivity index (χ0) is 17.1. The zero-order valence-electron chi connectivity index (χ0n) is 13.0. The highest BCUT2D eigenvalue weighted by molar-refractivity contribution is 9.10. The van der Waals surface area contributed by atoms with E-state index >= 15 is 0 Å². The number of rotatable bonds is 4. The molecule has 0 radical (unpaired) electrons. The van der Waals surface area contributed by atoms with Gasteiger partial charge in [0.15, 0.2) is 6.10 Å². The largest absolute Gasteiger partial charge is 0.481 e. The summed E-state index contributed by atoms with van der Waals surface area (Å²) in [6.07, 6.45) is 0.432. The average molecular weight is 388 g/mol. The number of hydrogen-bond acceptors (Lipinski definition) is 3. The molecule has 1 aromatic carbocycles. The monoisotopic (exact) mass is 387 g/mol. The molecule has 7 heteroatoms. The third-order valence-corrected chi connectivity index (χ3v) is 4.68. The number of amides is 1. The van der Waals surface area contributed by atoms with Gasteiger partial charge in [-0.25, -0.2) is 4.39 Å². The summed E-state index contributed by atoms with van der Waals surface area (Å²) in [7, 11) is 0. The molecule has 5 nitrogen and oxygen atoms in total. The quantitative estimate of drug-likeness (QED) is 0.861. The van der Waals surface area contributed by atoms with Crippen LogP contribution >= 0.6 is 15.9 Å². The summed E-state index contributed by atoms with van der Waals surface area (Å²) >= 11 is 3.19. The van der Waals surface area contributed by atoms with E-state index in [1.54, 1.807) is 11.8 Å². The Morgan fingerprint density at radius 3 is 2.74 bits per heavy atom. The van der Waals surface area contributed by atoms with E-state index in [0.29, 0.717) is 23.1 Å². The number of nitrogens with zero attached hydrogens (tertiary/aromatic N) is 1. The third kappa shape index (κ3) is 4.22. The van der Waals surface area contributed by atoms with Crippen LogP contribution in [0.25, 0.3) is 0 Å². The predicted octanol–water partition coefficient (Wildman–Crippen LogP) is 3.07. The van der Waals surface area contributed by atoms with Crippen molar-refractivity contribution in [3.05, 3.63) is 28.5 Å². The summed E-state index contributed by atoms with van der Waals surface area (Å²) < 4.78 is 19.1. The Morgan fingerprint density at radius 2 is 2.13 bits per heavy atom. The Hall–Kier alpha value is -1.63. The summed E-state index contributed by atoms with van der Waals surface area (Å²) in [6.45, 7) is 3.69. The SMILES string of the molecule is CC(Oc1ccc(F)cc1Br)C(=O)N1CC(C(=O)O)CCC1C. The molecular formula is C16H19BrFNO4. The van der Waals surface area contributed by atoms with E-state index in [1.807, 2.05) is 6.92 Å². The van der Waals surface area contributed by atoms with Crippen molar-refractivity contribution in [1.29, 1.82) is 0 Å². The Balaban J connectivity index is 2.07. The van der Waals surface area contributed by atoms with Crippen LogP contribution in [0.4, 0.5) is 4.39 Å². The summed E-state index contributed by atoms with van der Waals surface area (Å²) in [5, 5.41) is 9.15. The van der Waals surface area contributed by atoms with Gasteiger partial charge in [-0.15, -0.1) is 0 Å². The fraction of sp³-hybridized carbons (Fsp3) is 0.500. The molecule has 3 atom stereocenters. The number of carbonyl (C=O) groups is 2. The van der Waals surface area contributed by atoms with Gasteiger partial charge < -0.3 is 14.7 Å². The molecule has 0 aromatic heterocycles. The minimum absolute atomic E-state index is 0.0270. The Morgan fingerprint density at radius 1 is 1.43 bits per heavy atom. The molecule has 2 rings (SSSR count). The number of carboxylic acids is 1. The third-order valence-electron chi connectivity index (χ3n) is 4.06. The van der Waals surface area contributed by atoms with Gasteiger partial charge in [0.2, 0.25) is 0 Å². The second-order valence-electron chi connectivity index (χ2n) is 5.79. The van der Waals surface area contributed by atoms with Gasteiger partial charge >= 0.3 is 5.97 Å². The normalized spacial score (nSPS) is 22.5. The molecule has 3 unspecified atom stereocenters. The first kappa shape index (κ1) is 17.7. The highest BCUT2D eigenvalue weighted by Crippen LogP contribution is 2.28. The fourth-order valence-electron chi connectivity index (χ4n) is 2.66. The number of aliphatic carboxylic acids is 1. The van der Waals surface area contributed by atoms with Crippen LogP contribution < -0.4 is 4.74 Å². The highest BCUT2D eigenvalue weighted by Gasteiger charge is 2.35. The lowest BCUT2D eigenvalue weighted by Crippen LogP contribution is -2.51. The number of hydrogen-bond donors (Lipinski definition) is 1. The van der Waals surface area contributed by atoms with E-state index in [2.05, 4.69) is 15.9 Å². The van der Waals surface area contributed by atoms with E-state index < -0.39 is 23.8 Å². The van der Waals surface area contributed by atoms with Gasteiger partial charge in [0, 0.05) is 12.6 Å². The molecule has 1 fully saturated rings. The van der Waals surface area contributed by atoms with Crippen LogP contribution in [-0.4, -0.2) is 40.6 Å². The van der Waals surface area contributed by atoms with E-state index in [-0.39, 0.29) is 18.5 Å². The first-order chi connectivity index (χ1) is 10.8.